The molecule has 1 heterocycles. The first-order valence-corrected chi connectivity index (χ1v) is 6.33. The topological polar surface area (TPSA) is 42.9 Å². The van der Waals surface area contributed by atoms with Crippen LogP contribution in [0.3, 0.4) is 0 Å². The van der Waals surface area contributed by atoms with E-state index in [9.17, 15) is 4.79 Å². The summed E-state index contributed by atoms with van der Waals surface area (Å²) in [7, 11) is 0. The largest absolute Gasteiger partial charge is 0.287 e. The normalized spacial score (nSPS) is 9.57. The smallest absolute Gasteiger partial charge is 0.207 e. The average molecular weight is 226 g/mol. The van der Waals surface area contributed by atoms with E-state index in [1.54, 1.807) is 35.8 Å². The van der Waals surface area contributed by atoms with E-state index < -0.39 is 0 Å². The third-order valence-corrected chi connectivity index (χ3v) is 3.51. The number of aromatic nitrogens is 2. The Balaban J connectivity index is 2.82. The van der Waals surface area contributed by atoms with Crippen LogP contribution in [0.4, 0.5) is 0 Å². The molecule has 1 rings (SSSR count). The van der Waals surface area contributed by atoms with Crippen molar-refractivity contribution in [3.05, 3.63) is 34.6 Å². The van der Waals surface area contributed by atoms with Crippen LogP contribution in [-0.2, 0) is 0 Å². The van der Waals surface area contributed by atoms with Gasteiger partial charge in [0.2, 0.25) is 5.78 Å². The zero-order valence-corrected chi connectivity index (χ0v) is 9.56. The van der Waals surface area contributed by atoms with Gasteiger partial charge in [-0.3, -0.25) is 9.78 Å². The Morgan fingerprint density at radius 3 is 2.57 bits per heavy atom. The van der Waals surface area contributed by atoms with Gasteiger partial charge in [-0.2, -0.15) is 0 Å². The molecule has 0 fully saturated rings. The van der Waals surface area contributed by atoms with Gasteiger partial charge in [0.1, 0.15) is 5.69 Å². The van der Waals surface area contributed by atoms with Gasteiger partial charge in [0.25, 0.3) is 0 Å². The van der Waals surface area contributed by atoms with E-state index in [1.807, 2.05) is 12.5 Å². The van der Waals surface area contributed by atoms with Crippen LogP contribution >= 0.6 is 23.5 Å². The standard InChI is InChI=1S/C9H10N2OS2/c1-13-9(14-2)5-8(12)7-6-10-3-4-11-7/h3-6H,1-2H3. The van der Waals surface area contributed by atoms with Crippen molar-refractivity contribution in [2.24, 2.45) is 0 Å². The maximum absolute atomic E-state index is 11.6. The second kappa shape index (κ2) is 5.82. The highest BCUT2D eigenvalue weighted by Crippen LogP contribution is 2.23. The number of allylic oxidation sites excluding steroid dienone is 1. The molecule has 0 radical (unpaired) electrons. The molecule has 1 aromatic heterocycles. The molecule has 0 unspecified atom stereocenters. The number of rotatable bonds is 4. The minimum Gasteiger partial charge on any atom is -0.287 e. The molecular weight excluding hydrogens is 216 g/mol. The molecular formula is C9H10N2OS2. The zero-order valence-electron chi connectivity index (χ0n) is 7.93. The molecule has 0 aliphatic heterocycles. The highest BCUT2D eigenvalue weighted by Gasteiger charge is 2.04. The Labute approximate surface area is 91.4 Å². The summed E-state index contributed by atoms with van der Waals surface area (Å²) in [5.74, 6) is -0.100. The molecule has 0 saturated carbocycles. The van der Waals surface area contributed by atoms with E-state index in [1.165, 1.54) is 12.4 Å². The van der Waals surface area contributed by atoms with E-state index in [2.05, 4.69) is 9.97 Å². The molecule has 5 heteroatoms. The van der Waals surface area contributed by atoms with E-state index in [0.717, 1.165) is 4.24 Å². The molecule has 0 bridgehead atoms. The van der Waals surface area contributed by atoms with Crippen LogP contribution in [0.5, 0.6) is 0 Å². The van der Waals surface area contributed by atoms with Crippen molar-refractivity contribution in [2.45, 2.75) is 0 Å². The number of carbonyl (C=O) groups excluding carboxylic acids is 1. The molecule has 0 spiro atoms. The summed E-state index contributed by atoms with van der Waals surface area (Å²) >= 11 is 3.10. The van der Waals surface area contributed by atoms with Gasteiger partial charge in [0, 0.05) is 22.7 Å². The molecule has 1 aromatic rings. The summed E-state index contributed by atoms with van der Waals surface area (Å²) in [6, 6.07) is 0. The maximum atomic E-state index is 11.6. The fourth-order valence-electron chi connectivity index (χ4n) is 0.808. The molecule has 0 N–H and O–H groups in total. The van der Waals surface area contributed by atoms with Crippen LogP contribution in [-0.4, -0.2) is 28.3 Å². The van der Waals surface area contributed by atoms with Crippen molar-refractivity contribution in [1.29, 1.82) is 0 Å². The van der Waals surface area contributed by atoms with Gasteiger partial charge in [-0.15, -0.1) is 23.5 Å². The number of hydrogen-bond acceptors (Lipinski definition) is 5. The van der Waals surface area contributed by atoms with Crippen LogP contribution in [0, 0.1) is 0 Å². The molecule has 0 aliphatic carbocycles. The number of thioether (sulfide) groups is 2. The average Bonchev–Trinajstić information content (AvgIpc) is 2.26. The van der Waals surface area contributed by atoms with E-state index >= 15 is 0 Å². The van der Waals surface area contributed by atoms with E-state index in [4.69, 9.17) is 0 Å². The number of carbonyl (C=O) groups is 1. The van der Waals surface area contributed by atoms with Gasteiger partial charge in [-0.25, -0.2) is 4.98 Å². The second-order valence-corrected chi connectivity index (χ2v) is 4.28. The quantitative estimate of drug-likeness (QED) is 0.582. The van der Waals surface area contributed by atoms with Gasteiger partial charge in [-0.05, 0) is 12.5 Å². The van der Waals surface area contributed by atoms with Gasteiger partial charge in [0.15, 0.2) is 0 Å². The first kappa shape index (κ1) is 11.3. The van der Waals surface area contributed by atoms with E-state index in [-0.39, 0.29) is 5.78 Å². The third-order valence-electron chi connectivity index (χ3n) is 1.47. The molecule has 0 atom stereocenters. The monoisotopic (exact) mass is 226 g/mol. The van der Waals surface area contributed by atoms with Gasteiger partial charge < -0.3 is 0 Å². The summed E-state index contributed by atoms with van der Waals surface area (Å²) in [6.45, 7) is 0. The predicted molar refractivity (Wildman–Crippen MR) is 61.5 cm³/mol. The number of hydrogen-bond donors (Lipinski definition) is 0. The van der Waals surface area contributed by atoms with Gasteiger partial charge in [-0.1, -0.05) is 0 Å². The number of nitrogens with zero attached hydrogens (tertiary/aromatic N) is 2. The maximum Gasteiger partial charge on any atom is 0.207 e. The van der Waals surface area contributed by atoms with Crippen LogP contribution < -0.4 is 0 Å². The van der Waals surface area contributed by atoms with Gasteiger partial charge >= 0.3 is 0 Å². The Bertz CT molecular complexity index is 332. The lowest BCUT2D eigenvalue weighted by Crippen LogP contribution is -1.98. The summed E-state index contributed by atoms with van der Waals surface area (Å²) < 4.78 is 0.973. The van der Waals surface area contributed by atoms with Crippen LogP contribution in [0.2, 0.25) is 0 Å². The van der Waals surface area contributed by atoms with Gasteiger partial charge in [0.05, 0.1) is 6.20 Å². The third kappa shape index (κ3) is 3.16. The minimum absolute atomic E-state index is 0.100. The summed E-state index contributed by atoms with van der Waals surface area (Å²) in [5, 5.41) is 0. The van der Waals surface area contributed by atoms with Crippen molar-refractivity contribution in [3.63, 3.8) is 0 Å². The first-order valence-electron chi connectivity index (χ1n) is 3.88. The first-order chi connectivity index (χ1) is 6.77. The zero-order chi connectivity index (χ0) is 10.4. The van der Waals surface area contributed by atoms with Crippen molar-refractivity contribution >= 4 is 29.3 Å². The lowest BCUT2D eigenvalue weighted by atomic mass is 10.3. The molecule has 0 aromatic carbocycles. The Hall–Kier alpha value is -0.810. The van der Waals surface area contributed by atoms with Crippen LogP contribution in [0.15, 0.2) is 28.9 Å². The molecule has 0 saturated heterocycles. The molecule has 3 nitrogen and oxygen atoms in total. The van der Waals surface area contributed by atoms with E-state index in [0.29, 0.717) is 5.69 Å². The Morgan fingerprint density at radius 2 is 2.07 bits per heavy atom. The van der Waals surface area contributed by atoms with Crippen molar-refractivity contribution in [1.82, 2.24) is 9.97 Å². The van der Waals surface area contributed by atoms with Crippen molar-refractivity contribution < 1.29 is 4.79 Å². The lowest BCUT2D eigenvalue weighted by molar-refractivity contribution is 0.104. The van der Waals surface area contributed by atoms with Crippen molar-refractivity contribution in [3.8, 4) is 0 Å². The summed E-state index contributed by atoms with van der Waals surface area (Å²) in [5.41, 5.74) is 0.383. The fourth-order valence-corrected chi connectivity index (χ4v) is 1.92. The fraction of sp³-hybridized carbons (Fsp3) is 0.222. The predicted octanol–water partition coefficient (Wildman–Crippen LogP) is 2.23. The SMILES string of the molecule is CSC(=CC(=O)c1cnccn1)SC. The molecule has 74 valence electrons. The van der Waals surface area contributed by atoms with Crippen LogP contribution in [0.1, 0.15) is 10.5 Å². The second-order valence-electron chi connectivity index (χ2n) is 2.33. The highest BCUT2D eigenvalue weighted by molar-refractivity contribution is 8.21. The summed E-state index contributed by atoms with van der Waals surface area (Å²) in [4.78, 5) is 19.3. The highest BCUT2D eigenvalue weighted by atomic mass is 32.2. The van der Waals surface area contributed by atoms with Crippen molar-refractivity contribution in [2.75, 3.05) is 12.5 Å². The molecule has 0 aliphatic rings. The summed E-state index contributed by atoms with van der Waals surface area (Å²) in [6.07, 6.45) is 9.98. The molecule has 0 amide bonds. The molecule has 14 heavy (non-hydrogen) atoms. The number of ketones is 1. The lowest BCUT2D eigenvalue weighted by Gasteiger charge is -1.97. The minimum atomic E-state index is -0.100. The van der Waals surface area contributed by atoms with Crippen LogP contribution in [0.25, 0.3) is 0 Å². The Morgan fingerprint density at radius 1 is 1.36 bits per heavy atom. The Kier molecular flexibility index (Phi) is 4.69.